The second-order valence-electron chi connectivity index (χ2n) is 6.01. The van der Waals surface area contributed by atoms with Crippen LogP contribution in [-0.4, -0.2) is 23.2 Å². The van der Waals surface area contributed by atoms with Crippen LogP contribution in [0.3, 0.4) is 0 Å². The summed E-state index contributed by atoms with van der Waals surface area (Å²) in [6, 6.07) is 10.7. The number of ether oxygens (including phenoxy) is 1. The highest BCUT2D eigenvalue weighted by Gasteiger charge is 2.36. The molecule has 1 aromatic heterocycles. The standard InChI is InChI=1S/C17H22N2O/c1-12-4-6-15-10-14(5-7-16(15)19-12)11-18-17(3)8-9-20-13(17)2/h4-7,10,13,18H,8-9,11H2,1-3H3. The van der Waals surface area contributed by atoms with Gasteiger partial charge in [0.25, 0.3) is 0 Å². The number of pyridine rings is 1. The Morgan fingerprint density at radius 1 is 1.35 bits per heavy atom. The van der Waals surface area contributed by atoms with E-state index >= 15 is 0 Å². The number of hydrogen-bond donors (Lipinski definition) is 1. The van der Waals surface area contributed by atoms with Gasteiger partial charge in [-0.2, -0.15) is 0 Å². The fraction of sp³-hybridized carbons (Fsp3) is 0.471. The van der Waals surface area contributed by atoms with E-state index in [1.807, 2.05) is 6.92 Å². The van der Waals surface area contributed by atoms with Crippen molar-refractivity contribution in [1.29, 1.82) is 0 Å². The monoisotopic (exact) mass is 270 g/mol. The van der Waals surface area contributed by atoms with Crippen molar-refractivity contribution < 1.29 is 4.74 Å². The summed E-state index contributed by atoms with van der Waals surface area (Å²) in [6.07, 6.45) is 1.34. The number of benzene rings is 1. The van der Waals surface area contributed by atoms with E-state index in [-0.39, 0.29) is 11.6 Å². The fourth-order valence-corrected chi connectivity index (χ4v) is 2.76. The van der Waals surface area contributed by atoms with E-state index in [0.717, 1.165) is 30.8 Å². The number of nitrogens with one attached hydrogen (secondary N) is 1. The van der Waals surface area contributed by atoms with Gasteiger partial charge in [-0.1, -0.05) is 12.1 Å². The van der Waals surface area contributed by atoms with Crippen LogP contribution in [0.5, 0.6) is 0 Å². The van der Waals surface area contributed by atoms with Crippen LogP contribution >= 0.6 is 0 Å². The summed E-state index contributed by atoms with van der Waals surface area (Å²) in [7, 11) is 0. The minimum Gasteiger partial charge on any atom is -0.377 e. The Morgan fingerprint density at radius 2 is 2.20 bits per heavy atom. The molecule has 106 valence electrons. The molecule has 1 fully saturated rings. The van der Waals surface area contributed by atoms with Gasteiger partial charge >= 0.3 is 0 Å². The molecular formula is C17H22N2O. The van der Waals surface area contributed by atoms with Crippen LogP contribution in [0.2, 0.25) is 0 Å². The van der Waals surface area contributed by atoms with Gasteiger partial charge < -0.3 is 10.1 Å². The van der Waals surface area contributed by atoms with E-state index in [0.29, 0.717) is 0 Å². The number of hydrogen-bond acceptors (Lipinski definition) is 3. The highest BCUT2D eigenvalue weighted by Crippen LogP contribution is 2.25. The zero-order valence-electron chi connectivity index (χ0n) is 12.4. The lowest BCUT2D eigenvalue weighted by atomic mass is 9.94. The van der Waals surface area contributed by atoms with E-state index in [4.69, 9.17) is 4.74 Å². The quantitative estimate of drug-likeness (QED) is 0.930. The van der Waals surface area contributed by atoms with Crippen molar-refractivity contribution in [2.45, 2.75) is 45.4 Å². The predicted molar refractivity (Wildman–Crippen MR) is 81.8 cm³/mol. The van der Waals surface area contributed by atoms with Crippen molar-refractivity contribution in [3.05, 3.63) is 41.6 Å². The first kappa shape index (κ1) is 13.5. The lowest BCUT2D eigenvalue weighted by Gasteiger charge is -2.29. The second-order valence-corrected chi connectivity index (χ2v) is 6.01. The highest BCUT2D eigenvalue weighted by molar-refractivity contribution is 5.79. The molecule has 1 saturated heterocycles. The maximum absolute atomic E-state index is 5.67. The molecule has 0 spiro atoms. The molecule has 0 aliphatic carbocycles. The minimum absolute atomic E-state index is 0.0838. The Kier molecular flexibility index (Phi) is 3.48. The Bertz CT molecular complexity index is 625. The van der Waals surface area contributed by atoms with Crippen molar-refractivity contribution in [3.8, 4) is 0 Å². The molecule has 1 N–H and O–H groups in total. The van der Waals surface area contributed by atoms with E-state index in [1.165, 1.54) is 10.9 Å². The van der Waals surface area contributed by atoms with Crippen LogP contribution in [0, 0.1) is 6.92 Å². The van der Waals surface area contributed by atoms with E-state index in [1.54, 1.807) is 0 Å². The Balaban J connectivity index is 1.76. The van der Waals surface area contributed by atoms with Crippen LogP contribution in [-0.2, 0) is 11.3 Å². The van der Waals surface area contributed by atoms with Gasteiger partial charge in [0.1, 0.15) is 0 Å². The van der Waals surface area contributed by atoms with Gasteiger partial charge in [0.05, 0.1) is 11.6 Å². The van der Waals surface area contributed by atoms with Crippen LogP contribution in [0.4, 0.5) is 0 Å². The van der Waals surface area contributed by atoms with Crippen molar-refractivity contribution in [1.82, 2.24) is 10.3 Å². The molecule has 0 radical (unpaired) electrons. The van der Waals surface area contributed by atoms with Gasteiger partial charge in [-0.25, -0.2) is 0 Å². The molecule has 0 amide bonds. The third kappa shape index (κ3) is 2.56. The lowest BCUT2D eigenvalue weighted by Crippen LogP contribution is -2.47. The van der Waals surface area contributed by atoms with Gasteiger partial charge in [0.15, 0.2) is 0 Å². The molecule has 3 nitrogen and oxygen atoms in total. The number of fused-ring (bicyclic) bond motifs is 1. The highest BCUT2D eigenvalue weighted by atomic mass is 16.5. The molecule has 0 bridgehead atoms. The first-order valence-corrected chi connectivity index (χ1v) is 7.30. The van der Waals surface area contributed by atoms with Crippen molar-refractivity contribution in [3.63, 3.8) is 0 Å². The summed E-state index contributed by atoms with van der Waals surface area (Å²) in [5, 5.41) is 4.86. The maximum Gasteiger partial charge on any atom is 0.0726 e. The zero-order valence-corrected chi connectivity index (χ0v) is 12.4. The molecule has 2 heterocycles. The molecule has 3 heteroatoms. The second kappa shape index (κ2) is 5.15. The molecule has 0 saturated carbocycles. The topological polar surface area (TPSA) is 34.1 Å². The van der Waals surface area contributed by atoms with Crippen molar-refractivity contribution in [2.24, 2.45) is 0 Å². The molecule has 1 aromatic carbocycles. The lowest BCUT2D eigenvalue weighted by molar-refractivity contribution is 0.0881. The molecule has 3 rings (SSSR count). The summed E-state index contributed by atoms with van der Waals surface area (Å²) in [5.74, 6) is 0. The Labute approximate surface area is 120 Å². The average Bonchev–Trinajstić information content (AvgIpc) is 2.77. The largest absolute Gasteiger partial charge is 0.377 e. The van der Waals surface area contributed by atoms with Crippen LogP contribution < -0.4 is 5.32 Å². The number of aryl methyl sites for hydroxylation is 1. The van der Waals surface area contributed by atoms with Crippen LogP contribution in [0.25, 0.3) is 10.9 Å². The first-order chi connectivity index (χ1) is 9.57. The maximum atomic E-state index is 5.67. The Hall–Kier alpha value is -1.45. The van der Waals surface area contributed by atoms with Crippen LogP contribution in [0.15, 0.2) is 30.3 Å². The van der Waals surface area contributed by atoms with Gasteiger partial charge in [0.2, 0.25) is 0 Å². The SMILES string of the molecule is Cc1ccc2cc(CNC3(C)CCOC3C)ccc2n1. The van der Waals surface area contributed by atoms with Gasteiger partial charge in [-0.15, -0.1) is 0 Å². The normalized spacial score (nSPS) is 26.2. The predicted octanol–water partition coefficient (Wildman–Crippen LogP) is 3.20. The minimum atomic E-state index is 0.0838. The molecule has 2 unspecified atom stereocenters. The summed E-state index contributed by atoms with van der Waals surface area (Å²) in [5.41, 5.74) is 3.51. The molecule has 20 heavy (non-hydrogen) atoms. The van der Waals surface area contributed by atoms with Gasteiger partial charge in [-0.05, 0) is 51.0 Å². The number of nitrogens with zero attached hydrogens (tertiary/aromatic N) is 1. The third-order valence-corrected chi connectivity index (χ3v) is 4.48. The Morgan fingerprint density at radius 3 is 2.95 bits per heavy atom. The van der Waals surface area contributed by atoms with E-state index in [9.17, 15) is 0 Å². The van der Waals surface area contributed by atoms with Crippen molar-refractivity contribution >= 4 is 10.9 Å². The van der Waals surface area contributed by atoms with Crippen molar-refractivity contribution in [2.75, 3.05) is 6.61 Å². The third-order valence-electron chi connectivity index (χ3n) is 4.48. The summed E-state index contributed by atoms with van der Waals surface area (Å²) in [6.45, 7) is 8.14. The molecular weight excluding hydrogens is 248 g/mol. The van der Waals surface area contributed by atoms with E-state index in [2.05, 4.69) is 54.5 Å². The summed E-state index contributed by atoms with van der Waals surface area (Å²) < 4.78 is 5.67. The molecule has 1 aliphatic rings. The average molecular weight is 270 g/mol. The zero-order chi connectivity index (χ0) is 14.2. The van der Waals surface area contributed by atoms with Gasteiger partial charge in [-0.3, -0.25) is 4.98 Å². The fourth-order valence-electron chi connectivity index (χ4n) is 2.76. The molecule has 1 aliphatic heterocycles. The molecule has 2 aromatic rings. The van der Waals surface area contributed by atoms with Gasteiger partial charge in [0, 0.05) is 29.8 Å². The number of aromatic nitrogens is 1. The summed E-state index contributed by atoms with van der Waals surface area (Å²) >= 11 is 0. The van der Waals surface area contributed by atoms with E-state index < -0.39 is 0 Å². The first-order valence-electron chi connectivity index (χ1n) is 7.30. The smallest absolute Gasteiger partial charge is 0.0726 e. The summed E-state index contributed by atoms with van der Waals surface area (Å²) in [4.78, 5) is 4.54. The number of rotatable bonds is 3. The molecule has 2 atom stereocenters. The van der Waals surface area contributed by atoms with Crippen LogP contribution in [0.1, 0.15) is 31.5 Å².